The number of nitrogens with one attached hydrogen (secondary N) is 1. The van der Waals surface area contributed by atoms with Gasteiger partial charge in [-0.2, -0.15) is 0 Å². The van der Waals surface area contributed by atoms with Crippen molar-refractivity contribution in [1.82, 2.24) is 5.32 Å². The number of phenolic OH excluding ortho intramolecular Hbond substituents is 2. The molecule has 0 aromatic heterocycles. The molecule has 0 saturated heterocycles. The molecule has 0 spiro atoms. The zero-order chi connectivity index (χ0) is 30.8. The number of nitrogens with two attached hydrogens (primary N) is 1. The molecule has 5 N–H and O–H groups in total. The van der Waals surface area contributed by atoms with Crippen LogP contribution in [0.1, 0.15) is 41.5 Å². The number of amides is 1. The second-order valence-corrected chi connectivity index (χ2v) is 10.5. The Labute approximate surface area is 251 Å². The van der Waals surface area contributed by atoms with E-state index in [0.29, 0.717) is 5.56 Å². The van der Waals surface area contributed by atoms with Crippen LogP contribution < -0.4 is 11.1 Å². The second-order valence-electron chi connectivity index (χ2n) is 10.5. The number of Topliss-reactive ketones (excluding diaryl/α,β-unsaturated/α-hetero) is 1. The summed E-state index contributed by atoms with van der Waals surface area (Å²) in [6.45, 7) is 0. The lowest BCUT2D eigenvalue weighted by atomic mass is 9.66. The van der Waals surface area contributed by atoms with Gasteiger partial charge >= 0.3 is 5.97 Å². The van der Waals surface area contributed by atoms with Crippen LogP contribution in [-0.2, 0) is 31.0 Å². The Morgan fingerprint density at radius 3 is 1.77 bits per heavy atom. The van der Waals surface area contributed by atoms with Crippen LogP contribution in [0.5, 0.6) is 11.5 Å². The Hall–Kier alpha value is -4.95. The number of carbonyl (C=O) groups is 3. The van der Waals surface area contributed by atoms with Crippen molar-refractivity contribution >= 4 is 17.7 Å². The first-order chi connectivity index (χ1) is 20.7. The highest BCUT2D eigenvalue weighted by atomic mass is 16.5. The summed E-state index contributed by atoms with van der Waals surface area (Å²) >= 11 is 0. The molecular formula is C35H36N2O6. The van der Waals surface area contributed by atoms with E-state index in [1.54, 1.807) is 0 Å². The van der Waals surface area contributed by atoms with Crippen LogP contribution in [0.25, 0.3) is 0 Å². The number of rotatable bonds is 13. The van der Waals surface area contributed by atoms with Gasteiger partial charge < -0.3 is 26.0 Å². The fourth-order valence-electron chi connectivity index (χ4n) is 5.38. The number of ether oxygens (including phenoxy) is 1. The second kappa shape index (κ2) is 14.3. The maximum absolute atomic E-state index is 13.8. The van der Waals surface area contributed by atoms with Crippen LogP contribution in [-0.4, -0.2) is 47.1 Å². The van der Waals surface area contributed by atoms with Crippen LogP contribution in [0.4, 0.5) is 0 Å². The number of benzene rings is 4. The number of ketones is 1. The van der Waals surface area contributed by atoms with Gasteiger partial charge in [-0.25, -0.2) is 4.79 Å². The van der Waals surface area contributed by atoms with Crippen molar-refractivity contribution < 1.29 is 29.3 Å². The molecule has 4 rings (SSSR count). The third-order valence-corrected chi connectivity index (χ3v) is 7.61. The normalized spacial score (nSPS) is 12.6. The van der Waals surface area contributed by atoms with Crippen molar-refractivity contribution in [3.63, 3.8) is 0 Å². The predicted octanol–water partition coefficient (Wildman–Crippen LogP) is 4.40. The Kier molecular flexibility index (Phi) is 10.3. The number of esters is 1. The van der Waals surface area contributed by atoms with E-state index >= 15 is 0 Å². The lowest BCUT2D eigenvalue weighted by molar-refractivity contribution is -0.145. The zero-order valence-corrected chi connectivity index (χ0v) is 24.0. The molecule has 1 amide bonds. The number of aromatic hydroxyl groups is 2. The number of methoxy groups -OCH3 is 1. The van der Waals surface area contributed by atoms with Crippen molar-refractivity contribution in [2.45, 2.75) is 43.2 Å². The quantitative estimate of drug-likeness (QED) is 0.104. The van der Waals surface area contributed by atoms with Crippen LogP contribution in [0.3, 0.4) is 0 Å². The summed E-state index contributed by atoms with van der Waals surface area (Å²) in [7, 11) is 1.22. The number of phenols is 2. The van der Waals surface area contributed by atoms with Gasteiger partial charge in [0.15, 0.2) is 11.5 Å². The van der Waals surface area contributed by atoms with Gasteiger partial charge in [0.25, 0.3) is 0 Å². The molecule has 0 aliphatic rings. The van der Waals surface area contributed by atoms with Gasteiger partial charge in [-0.3, -0.25) is 9.59 Å². The van der Waals surface area contributed by atoms with Gasteiger partial charge in [0, 0.05) is 12.8 Å². The minimum Gasteiger partial charge on any atom is -0.504 e. The third-order valence-electron chi connectivity index (χ3n) is 7.61. The molecule has 0 saturated carbocycles. The van der Waals surface area contributed by atoms with Crippen LogP contribution in [0, 0.1) is 0 Å². The highest BCUT2D eigenvalue weighted by molar-refractivity contribution is 5.88. The molecule has 4 aromatic rings. The Morgan fingerprint density at radius 2 is 1.30 bits per heavy atom. The van der Waals surface area contributed by atoms with Gasteiger partial charge in [-0.05, 0) is 47.2 Å². The molecule has 8 heteroatoms. The average Bonchev–Trinajstić information content (AvgIpc) is 3.04. The maximum Gasteiger partial charge on any atom is 0.328 e. The van der Waals surface area contributed by atoms with E-state index in [1.165, 1.54) is 25.3 Å². The topological polar surface area (TPSA) is 139 Å². The van der Waals surface area contributed by atoms with Crippen molar-refractivity contribution in [3.05, 3.63) is 131 Å². The van der Waals surface area contributed by atoms with E-state index in [4.69, 9.17) is 10.5 Å². The minimum absolute atomic E-state index is 0.00930. The van der Waals surface area contributed by atoms with Crippen molar-refractivity contribution in [1.29, 1.82) is 0 Å². The fourth-order valence-corrected chi connectivity index (χ4v) is 5.38. The van der Waals surface area contributed by atoms with E-state index in [9.17, 15) is 24.6 Å². The Bertz CT molecular complexity index is 1430. The fraction of sp³-hybridized carbons (Fsp3) is 0.229. The number of hydrogen-bond donors (Lipinski definition) is 4. The SMILES string of the molecule is COC(=O)[C@H](CCC(=O)CC(c1ccccc1)(c1ccccc1)c1ccccc1)NC(=O)[C@@H](N)Cc1ccc(O)c(O)c1. The van der Waals surface area contributed by atoms with Gasteiger partial charge in [0.1, 0.15) is 11.8 Å². The summed E-state index contributed by atoms with van der Waals surface area (Å²) in [6, 6.07) is 31.6. The summed E-state index contributed by atoms with van der Waals surface area (Å²) in [5.74, 6) is -2.00. The standard InChI is InChI=1S/C35H36N2O6/c1-43-34(42)30(37-33(41)29(36)21-24-17-20-31(39)32(40)22-24)19-18-28(38)23-35(25-11-5-2-6-12-25,26-13-7-3-8-14-26)27-15-9-4-10-16-27/h2-17,20,22,29-30,39-40H,18-19,21,23,36H2,1H3,(H,37,41)/t29-,30-/m0/s1. The number of hydrogen-bond acceptors (Lipinski definition) is 7. The molecule has 0 aliphatic heterocycles. The van der Waals surface area contributed by atoms with Crippen LogP contribution in [0.2, 0.25) is 0 Å². The molecule has 0 heterocycles. The Morgan fingerprint density at radius 1 is 0.791 bits per heavy atom. The first kappa shape index (κ1) is 31.0. The third kappa shape index (κ3) is 7.47. The molecule has 0 unspecified atom stereocenters. The summed E-state index contributed by atoms with van der Waals surface area (Å²) in [6.07, 6.45) is 0.227. The lowest BCUT2D eigenvalue weighted by Gasteiger charge is -2.35. The van der Waals surface area contributed by atoms with Gasteiger partial charge in [0.05, 0.1) is 18.6 Å². The molecule has 0 radical (unpaired) electrons. The molecule has 43 heavy (non-hydrogen) atoms. The molecule has 222 valence electrons. The highest BCUT2D eigenvalue weighted by Gasteiger charge is 2.38. The van der Waals surface area contributed by atoms with E-state index in [0.717, 1.165) is 16.7 Å². The Balaban J connectivity index is 1.53. The predicted molar refractivity (Wildman–Crippen MR) is 163 cm³/mol. The van der Waals surface area contributed by atoms with Gasteiger partial charge in [-0.1, -0.05) is 97.1 Å². The van der Waals surface area contributed by atoms with E-state index < -0.39 is 29.4 Å². The smallest absolute Gasteiger partial charge is 0.328 e. The molecule has 0 bridgehead atoms. The highest BCUT2D eigenvalue weighted by Crippen LogP contribution is 2.42. The first-order valence-electron chi connectivity index (χ1n) is 14.1. The first-order valence-corrected chi connectivity index (χ1v) is 14.1. The molecule has 2 atom stereocenters. The molecule has 0 aliphatic carbocycles. The average molecular weight is 581 g/mol. The van der Waals surface area contributed by atoms with Gasteiger partial charge in [0.2, 0.25) is 5.91 Å². The summed E-state index contributed by atoms with van der Waals surface area (Å²) in [5, 5.41) is 21.9. The minimum atomic E-state index is -1.08. The summed E-state index contributed by atoms with van der Waals surface area (Å²) < 4.78 is 4.91. The van der Waals surface area contributed by atoms with E-state index in [1.807, 2.05) is 91.0 Å². The van der Waals surface area contributed by atoms with Crippen molar-refractivity contribution in [3.8, 4) is 11.5 Å². The van der Waals surface area contributed by atoms with Gasteiger partial charge in [-0.15, -0.1) is 0 Å². The molecule has 0 fully saturated rings. The van der Waals surface area contributed by atoms with E-state index in [-0.39, 0.29) is 43.0 Å². The lowest BCUT2D eigenvalue weighted by Crippen LogP contribution is -2.49. The molecule has 8 nitrogen and oxygen atoms in total. The maximum atomic E-state index is 13.8. The van der Waals surface area contributed by atoms with Crippen LogP contribution in [0.15, 0.2) is 109 Å². The van der Waals surface area contributed by atoms with E-state index in [2.05, 4.69) is 5.32 Å². The largest absolute Gasteiger partial charge is 0.504 e. The zero-order valence-electron chi connectivity index (χ0n) is 24.0. The van der Waals surface area contributed by atoms with Crippen LogP contribution >= 0.6 is 0 Å². The molecular weight excluding hydrogens is 544 g/mol. The van der Waals surface area contributed by atoms with Crippen molar-refractivity contribution in [2.24, 2.45) is 5.73 Å². The van der Waals surface area contributed by atoms with Crippen molar-refractivity contribution in [2.75, 3.05) is 7.11 Å². The summed E-state index contributed by atoms with van der Waals surface area (Å²) in [5.41, 5.74) is 8.73. The number of carbonyl (C=O) groups excluding carboxylic acids is 3. The summed E-state index contributed by atoms with van der Waals surface area (Å²) in [4.78, 5) is 39.3. The molecule has 4 aromatic carbocycles. The monoisotopic (exact) mass is 580 g/mol.